The molecule has 0 saturated heterocycles. The van der Waals surface area contributed by atoms with Crippen molar-refractivity contribution in [3.05, 3.63) is 52.5 Å². The highest BCUT2D eigenvalue weighted by Crippen LogP contribution is 2.32. The van der Waals surface area contributed by atoms with E-state index in [1.54, 1.807) is 24.9 Å². The van der Waals surface area contributed by atoms with Gasteiger partial charge in [0.2, 0.25) is 0 Å². The summed E-state index contributed by atoms with van der Waals surface area (Å²) in [5.41, 5.74) is 0.683. The number of aliphatic carboxylic acids is 1. The average molecular weight is 353 g/mol. The summed E-state index contributed by atoms with van der Waals surface area (Å²) in [6.45, 7) is 0. The average Bonchev–Trinajstić information content (AvgIpc) is 2.41. The van der Waals surface area contributed by atoms with Gasteiger partial charge in [0, 0.05) is 19.8 Å². The minimum atomic E-state index is -0.867. The Bertz CT molecular complexity index is 611. The fraction of sp³-hybridized carbons (Fsp3) is 0.133. The van der Waals surface area contributed by atoms with Gasteiger partial charge in [-0.2, -0.15) is 0 Å². The van der Waals surface area contributed by atoms with Gasteiger partial charge < -0.3 is 9.84 Å². The van der Waals surface area contributed by atoms with Crippen LogP contribution in [0.15, 0.2) is 56.7 Å². The lowest BCUT2D eigenvalue weighted by Gasteiger charge is -2.09. The van der Waals surface area contributed by atoms with Crippen LogP contribution in [0.5, 0.6) is 5.75 Å². The van der Waals surface area contributed by atoms with Crippen molar-refractivity contribution in [2.24, 2.45) is 0 Å². The highest BCUT2D eigenvalue weighted by Gasteiger charge is 2.09. The Balaban J connectivity index is 2.23. The standard InChI is InChI=1S/C15H13BrO3S/c1-19-14-7-6-13(8-10(14)9-15(17)18)20-12-4-2-11(16)3-5-12/h2-8H,9H2,1H3,(H,17,18). The highest BCUT2D eigenvalue weighted by molar-refractivity contribution is 9.10. The summed E-state index contributed by atoms with van der Waals surface area (Å²) in [5, 5.41) is 8.93. The van der Waals surface area contributed by atoms with Gasteiger partial charge in [0.15, 0.2) is 0 Å². The van der Waals surface area contributed by atoms with Crippen LogP contribution in [-0.4, -0.2) is 18.2 Å². The van der Waals surface area contributed by atoms with Crippen LogP contribution in [0, 0.1) is 0 Å². The molecule has 20 heavy (non-hydrogen) atoms. The molecule has 3 nitrogen and oxygen atoms in total. The van der Waals surface area contributed by atoms with E-state index >= 15 is 0 Å². The van der Waals surface area contributed by atoms with E-state index in [4.69, 9.17) is 9.84 Å². The van der Waals surface area contributed by atoms with Crippen molar-refractivity contribution < 1.29 is 14.6 Å². The number of hydrogen-bond acceptors (Lipinski definition) is 3. The van der Waals surface area contributed by atoms with Crippen LogP contribution in [0.3, 0.4) is 0 Å². The zero-order valence-electron chi connectivity index (χ0n) is 10.8. The minimum Gasteiger partial charge on any atom is -0.496 e. The molecular formula is C15H13BrO3S. The molecule has 0 amide bonds. The van der Waals surface area contributed by atoms with E-state index < -0.39 is 5.97 Å². The van der Waals surface area contributed by atoms with Crippen LogP contribution in [0.2, 0.25) is 0 Å². The number of carboxylic acids is 1. The lowest BCUT2D eigenvalue weighted by molar-refractivity contribution is -0.136. The van der Waals surface area contributed by atoms with Gasteiger partial charge in [0.05, 0.1) is 13.5 Å². The third-order valence-electron chi connectivity index (χ3n) is 2.64. The molecule has 5 heteroatoms. The van der Waals surface area contributed by atoms with Crippen molar-refractivity contribution in [3.8, 4) is 5.75 Å². The van der Waals surface area contributed by atoms with Crippen LogP contribution >= 0.6 is 27.7 Å². The Kier molecular flexibility index (Phi) is 5.09. The molecule has 0 radical (unpaired) electrons. The van der Waals surface area contributed by atoms with Crippen molar-refractivity contribution in [1.29, 1.82) is 0 Å². The predicted molar refractivity (Wildman–Crippen MR) is 82.6 cm³/mol. The largest absolute Gasteiger partial charge is 0.496 e. The van der Waals surface area contributed by atoms with Crippen LogP contribution < -0.4 is 4.74 Å². The van der Waals surface area contributed by atoms with Gasteiger partial charge >= 0.3 is 5.97 Å². The molecule has 2 aromatic carbocycles. The molecule has 0 atom stereocenters. The van der Waals surface area contributed by atoms with E-state index in [0.29, 0.717) is 11.3 Å². The summed E-state index contributed by atoms with van der Waals surface area (Å²) < 4.78 is 6.22. The van der Waals surface area contributed by atoms with Gasteiger partial charge in [-0.25, -0.2) is 0 Å². The van der Waals surface area contributed by atoms with Crippen LogP contribution in [-0.2, 0) is 11.2 Å². The summed E-state index contributed by atoms with van der Waals surface area (Å²) in [6, 6.07) is 13.6. The number of benzene rings is 2. The molecule has 0 aliphatic rings. The fourth-order valence-electron chi connectivity index (χ4n) is 1.76. The minimum absolute atomic E-state index is 0.0437. The Morgan fingerprint density at radius 3 is 2.45 bits per heavy atom. The number of rotatable bonds is 5. The fourth-order valence-corrected chi connectivity index (χ4v) is 2.90. The number of hydrogen-bond donors (Lipinski definition) is 1. The summed E-state index contributed by atoms with van der Waals surface area (Å²) in [4.78, 5) is 13.0. The summed E-state index contributed by atoms with van der Waals surface area (Å²) in [6.07, 6.45) is -0.0437. The Labute approximate surface area is 130 Å². The van der Waals surface area contributed by atoms with Crippen LogP contribution in [0.25, 0.3) is 0 Å². The maximum atomic E-state index is 10.9. The van der Waals surface area contributed by atoms with E-state index in [-0.39, 0.29) is 6.42 Å². The van der Waals surface area contributed by atoms with Gasteiger partial charge in [-0.05, 0) is 42.5 Å². The number of carboxylic acid groups (broad SMARTS) is 1. The molecule has 0 unspecified atom stereocenters. The number of methoxy groups -OCH3 is 1. The normalized spacial score (nSPS) is 10.3. The molecule has 0 heterocycles. The molecule has 0 bridgehead atoms. The monoisotopic (exact) mass is 352 g/mol. The van der Waals surface area contributed by atoms with E-state index in [9.17, 15) is 4.79 Å². The van der Waals surface area contributed by atoms with Gasteiger partial charge in [-0.3, -0.25) is 4.79 Å². The van der Waals surface area contributed by atoms with Gasteiger partial charge in [-0.15, -0.1) is 0 Å². The lowest BCUT2D eigenvalue weighted by Crippen LogP contribution is -2.02. The number of carbonyl (C=O) groups is 1. The molecule has 2 aromatic rings. The summed E-state index contributed by atoms with van der Waals surface area (Å²) in [5.74, 6) is -0.262. The zero-order chi connectivity index (χ0) is 14.5. The molecule has 0 aliphatic carbocycles. The van der Waals surface area contributed by atoms with Gasteiger partial charge in [0.25, 0.3) is 0 Å². The SMILES string of the molecule is COc1ccc(Sc2ccc(Br)cc2)cc1CC(=O)O. The first-order valence-electron chi connectivity index (χ1n) is 5.90. The quantitative estimate of drug-likeness (QED) is 0.874. The van der Waals surface area contributed by atoms with Gasteiger partial charge in [0.1, 0.15) is 5.75 Å². The van der Waals surface area contributed by atoms with Gasteiger partial charge in [-0.1, -0.05) is 27.7 Å². The first-order chi connectivity index (χ1) is 9.58. The number of ether oxygens (including phenoxy) is 1. The lowest BCUT2D eigenvalue weighted by atomic mass is 10.1. The van der Waals surface area contributed by atoms with Crippen molar-refractivity contribution >= 4 is 33.7 Å². The van der Waals surface area contributed by atoms with Crippen molar-refractivity contribution in [3.63, 3.8) is 0 Å². The van der Waals surface area contributed by atoms with Crippen LogP contribution in [0.1, 0.15) is 5.56 Å². The third kappa shape index (κ3) is 4.02. The first-order valence-corrected chi connectivity index (χ1v) is 7.51. The molecule has 0 fully saturated rings. The summed E-state index contributed by atoms with van der Waals surface area (Å²) in [7, 11) is 1.54. The van der Waals surface area contributed by atoms with Crippen molar-refractivity contribution in [1.82, 2.24) is 0 Å². The number of halogens is 1. The molecular weight excluding hydrogens is 340 g/mol. The highest BCUT2D eigenvalue weighted by atomic mass is 79.9. The topological polar surface area (TPSA) is 46.5 Å². The predicted octanol–water partition coefficient (Wildman–Crippen LogP) is 4.24. The second-order valence-corrected chi connectivity index (χ2v) is 6.16. The second-order valence-electron chi connectivity index (χ2n) is 4.10. The third-order valence-corrected chi connectivity index (χ3v) is 4.17. The maximum absolute atomic E-state index is 10.9. The van der Waals surface area contributed by atoms with Crippen molar-refractivity contribution in [2.45, 2.75) is 16.2 Å². The Hall–Kier alpha value is -1.46. The summed E-state index contributed by atoms with van der Waals surface area (Å²) >= 11 is 4.98. The smallest absolute Gasteiger partial charge is 0.307 e. The molecule has 104 valence electrons. The second kappa shape index (κ2) is 6.81. The van der Waals surface area contributed by atoms with E-state index in [2.05, 4.69) is 15.9 Å². The Morgan fingerprint density at radius 2 is 1.85 bits per heavy atom. The molecule has 1 N–H and O–H groups in total. The first kappa shape index (κ1) is 14.9. The molecule has 2 rings (SSSR count). The zero-order valence-corrected chi connectivity index (χ0v) is 13.2. The van der Waals surface area contributed by atoms with Crippen LogP contribution in [0.4, 0.5) is 0 Å². The molecule has 0 aliphatic heterocycles. The van der Waals surface area contributed by atoms with Crippen molar-refractivity contribution in [2.75, 3.05) is 7.11 Å². The maximum Gasteiger partial charge on any atom is 0.307 e. The van der Waals surface area contributed by atoms with E-state index in [1.165, 1.54) is 0 Å². The Morgan fingerprint density at radius 1 is 1.20 bits per heavy atom. The van der Waals surface area contributed by atoms with E-state index in [0.717, 1.165) is 14.3 Å². The molecule has 0 spiro atoms. The van der Waals surface area contributed by atoms with E-state index in [1.807, 2.05) is 36.4 Å². The molecule has 0 aromatic heterocycles. The molecule has 0 saturated carbocycles.